The molecular weight excluding hydrogens is 261 g/mol. The minimum absolute atomic E-state index is 0.0320. The van der Waals surface area contributed by atoms with Gasteiger partial charge in [-0.3, -0.25) is 0 Å². The van der Waals surface area contributed by atoms with Crippen LogP contribution >= 0.6 is 15.9 Å². The molecule has 2 nitrogen and oxygen atoms in total. The molecule has 0 radical (unpaired) electrons. The molecule has 0 aliphatic heterocycles. The lowest BCUT2D eigenvalue weighted by atomic mass is 9.97. The van der Waals surface area contributed by atoms with Crippen LogP contribution in [0.4, 0.5) is 4.39 Å². The molecule has 0 bridgehead atoms. The highest BCUT2D eigenvalue weighted by atomic mass is 79.9. The van der Waals surface area contributed by atoms with Gasteiger partial charge in [0.15, 0.2) is 0 Å². The highest BCUT2D eigenvalue weighted by Gasteiger charge is 2.16. The van der Waals surface area contributed by atoms with Crippen molar-refractivity contribution in [3.63, 3.8) is 0 Å². The van der Waals surface area contributed by atoms with Crippen LogP contribution in [0.5, 0.6) is 5.75 Å². The Kier molecular flexibility index (Phi) is 4.11. The lowest BCUT2D eigenvalue weighted by Gasteiger charge is -2.16. The molecule has 0 saturated heterocycles. The summed E-state index contributed by atoms with van der Waals surface area (Å²) >= 11 is 3.09. The van der Waals surface area contributed by atoms with Crippen molar-refractivity contribution in [2.24, 2.45) is 11.7 Å². The molecule has 4 heteroatoms. The molecule has 1 atom stereocenters. The average molecular weight is 276 g/mol. The summed E-state index contributed by atoms with van der Waals surface area (Å²) in [6, 6.07) is 2.17. The molecule has 84 valence electrons. The van der Waals surface area contributed by atoms with Gasteiger partial charge in [-0.15, -0.1) is 0 Å². The highest BCUT2D eigenvalue weighted by Crippen LogP contribution is 2.34. The first-order valence-corrected chi connectivity index (χ1v) is 5.64. The fourth-order valence-electron chi connectivity index (χ4n) is 1.50. The predicted octanol–water partition coefficient (Wildman–Crippen LogP) is 3.34. The van der Waals surface area contributed by atoms with Gasteiger partial charge in [0.2, 0.25) is 0 Å². The molecule has 0 aromatic heterocycles. The van der Waals surface area contributed by atoms with E-state index in [4.69, 9.17) is 5.73 Å². The number of nitrogens with two attached hydrogens (primary N) is 1. The summed E-state index contributed by atoms with van der Waals surface area (Å²) in [6.45, 7) is 4.07. The van der Waals surface area contributed by atoms with Crippen LogP contribution in [-0.2, 0) is 0 Å². The summed E-state index contributed by atoms with van der Waals surface area (Å²) in [5.74, 6) is 0.0415. The van der Waals surface area contributed by atoms with Crippen molar-refractivity contribution < 1.29 is 9.50 Å². The lowest BCUT2D eigenvalue weighted by Crippen LogP contribution is -2.13. The third-order valence-corrected chi connectivity index (χ3v) is 2.79. The maximum absolute atomic E-state index is 13.1. The third kappa shape index (κ3) is 3.18. The normalized spacial score (nSPS) is 13.2. The molecule has 0 unspecified atom stereocenters. The fraction of sp³-hybridized carbons (Fsp3) is 0.455. The van der Waals surface area contributed by atoms with E-state index in [1.165, 1.54) is 12.1 Å². The number of hydrogen-bond acceptors (Lipinski definition) is 2. The smallest absolute Gasteiger partial charge is 0.134 e. The summed E-state index contributed by atoms with van der Waals surface area (Å²) in [6.07, 6.45) is 0.712. The van der Waals surface area contributed by atoms with Crippen LogP contribution in [0, 0.1) is 11.7 Å². The molecule has 0 spiro atoms. The molecule has 15 heavy (non-hydrogen) atoms. The van der Waals surface area contributed by atoms with Gasteiger partial charge in [-0.1, -0.05) is 13.8 Å². The monoisotopic (exact) mass is 275 g/mol. The first kappa shape index (κ1) is 12.5. The second-order valence-corrected chi connectivity index (χ2v) is 4.92. The van der Waals surface area contributed by atoms with E-state index in [0.29, 0.717) is 22.4 Å². The van der Waals surface area contributed by atoms with E-state index < -0.39 is 5.82 Å². The van der Waals surface area contributed by atoms with E-state index in [2.05, 4.69) is 15.9 Å². The fourth-order valence-corrected chi connectivity index (χ4v) is 1.95. The SMILES string of the molecule is CC(C)C[C@@H](N)c1cc(F)cc(Br)c1O. The summed E-state index contributed by atoms with van der Waals surface area (Å²) < 4.78 is 13.5. The second kappa shape index (κ2) is 4.94. The summed E-state index contributed by atoms with van der Waals surface area (Å²) in [5, 5.41) is 9.71. The number of benzene rings is 1. The van der Waals surface area contributed by atoms with E-state index in [1.54, 1.807) is 0 Å². The minimum atomic E-state index is -0.395. The molecule has 1 rings (SSSR count). The number of hydrogen-bond donors (Lipinski definition) is 2. The number of aromatic hydroxyl groups is 1. The Labute approximate surface area is 97.4 Å². The van der Waals surface area contributed by atoms with Crippen LogP contribution in [0.25, 0.3) is 0 Å². The molecule has 3 N–H and O–H groups in total. The van der Waals surface area contributed by atoms with Gasteiger partial charge in [-0.2, -0.15) is 0 Å². The first-order chi connectivity index (χ1) is 6.91. The lowest BCUT2D eigenvalue weighted by molar-refractivity contribution is 0.439. The van der Waals surface area contributed by atoms with Gasteiger partial charge in [-0.05, 0) is 40.4 Å². The van der Waals surface area contributed by atoms with Crippen LogP contribution in [0.2, 0.25) is 0 Å². The van der Waals surface area contributed by atoms with Gasteiger partial charge >= 0.3 is 0 Å². The molecule has 0 amide bonds. The molecule has 0 heterocycles. The van der Waals surface area contributed by atoms with Crippen LogP contribution < -0.4 is 5.73 Å². The van der Waals surface area contributed by atoms with Gasteiger partial charge in [0.25, 0.3) is 0 Å². The molecule has 1 aromatic carbocycles. The zero-order chi connectivity index (χ0) is 11.6. The maximum atomic E-state index is 13.1. The number of phenolic OH excluding ortho intramolecular Hbond substituents is 1. The van der Waals surface area contributed by atoms with Gasteiger partial charge in [-0.25, -0.2) is 4.39 Å². The van der Waals surface area contributed by atoms with Crippen molar-refractivity contribution in [3.8, 4) is 5.75 Å². The number of halogens is 2. The second-order valence-electron chi connectivity index (χ2n) is 4.06. The largest absolute Gasteiger partial charge is 0.506 e. The standard InChI is InChI=1S/C11H15BrFNO/c1-6(2)3-10(14)8-4-7(13)5-9(12)11(8)15/h4-6,10,15H,3,14H2,1-2H3/t10-/m1/s1. The van der Waals surface area contributed by atoms with Gasteiger partial charge in [0.05, 0.1) is 4.47 Å². The van der Waals surface area contributed by atoms with E-state index >= 15 is 0 Å². The van der Waals surface area contributed by atoms with E-state index in [9.17, 15) is 9.50 Å². The Balaban J connectivity index is 3.02. The minimum Gasteiger partial charge on any atom is -0.506 e. The van der Waals surface area contributed by atoms with Gasteiger partial charge < -0.3 is 10.8 Å². The molecule has 0 aliphatic carbocycles. The summed E-state index contributed by atoms with van der Waals surface area (Å²) in [4.78, 5) is 0. The summed E-state index contributed by atoms with van der Waals surface area (Å²) in [5.41, 5.74) is 6.34. The molecule has 0 fully saturated rings. The topological polar surface area (TPSA) is 46.2 Å². The Morgan fingerprint density at radius 3 is 2.60 bits per heavy atom. The van der Waals surface area contributed by atoms with Gasteiger partial charge in [0.1, 0.15) is 11.6 Å². The number of phenols is 1. The molecule has 0 aliphatic rings. The van der Waals surface area contributed by atoms with Crippen molar-refractivity contribution in [1.29, 1.82) is 0 Å². The Bertz CT molecular complexity index is 355. The van der Waals surface area contributed by atoms with Crippen molar-refractivity contribution in [3.05, 3.63) is 28.0 Å². The van der Waals surface area contributed by atoms with Crippen LogP contribution in [0.3, 0.4) is 0 Å². The molecule has 0 saturated carbocycles. The van der Waals surface area contributed by atoms with Crippen LogP contribution in [0.15, 0.2) is 16.6 Å². The van der Waals surface area contributed by atoms with Crippen molar-refractivity contribution in [1.82, 2.24) is 0 Å². The Morgan fingerprint density at radius 2 is 2.07 bits per heavy atom. The van der Waals surface area contributed by atoms with Crippen LogP contribution in [-0.4, -0.2) is 5.11 Å². The van der Waals surface area contributed by atoms with Crippen molar-refractivity contribution in [2.45, 2.75) is 26.3 Å². The van der Waals surface area contributed by atoms with Crippen molar-refractivity contribution >= 4 is 15.9 Å². The van der Waals surface area contributed by atoms with E-state index in [0.717, 1.165) is 0 Å². The predicted molar refractivity (Wildman–Crippen MR) is 62.1 cm³/mol. The zero-order valence-corrected chi connectivity index (χ0v) is 10.4. The Morgan fingerprint density at radius 1 is 1.47 bits per heavy atom. The average Bonchev–Trinajstić information content (AvgIpc) is 2.09. The van der Waals surface area contributed by atoms with Crippen LogP contribution in [0.1, 0.15) is 31.9 Å². The van der Waals surface area contributed by atoms with E-state index in [1.807, 2.05) is 13.8 Å². The third-order valence-electron chi connectivity index (χ3n) is 2.18. The molecular formula is C11H15BrFNO. The maximum Gasteiger partial charge on any atom is 0.134 e. The quantitative estimate of drug-likeness (QED) is 0.889. The summed E-state index contributed by atoms with van der Waals surface area (Å²) in [7, 11) is 0. The Hall–Kier alpha value is -0.610. The zero-order valence-electron chi connectivity index (χ0n) is 8.80. The first-order valence-electron chi connectivity index (χ1n) is 4.85. The van der Waals surface area contributed by atoms with Crippen molar-refractivity contribution in [2.75, 3.05) is 0 Å². The molecule has 1 aromatic rings. The van der Waals surface area contributed by atoms with E-state index in [-0.39, 0.29) is 11.8 Å². The highest BCUT2D eigenvalue weighted by molar-refractivity contribution is 9.10. The number of rotatable bonds is 3. The van der Waals surface area contributed by atoms with Gasteiger partial charge in [0, 0.05) is 11.6 Å².